The minimum atomic E-state index is -0.154. The summed E-state index contributed by atoms with van der Waals surface area (Å²) in [6, 6.07) is 17.6. The van der Waals surface area contributed by atoms with Crippen LogP contribution in [0.15, 0.2) is 60.8 Å². The maximum Gasteiger partial charge on any atom is 0.166 e. The summed E-state index contributed by atoms with van der Waals surface area (Å²) in [4.78, 5) is 4.29. The fourth-order valence-electron chi connectivity index (χ4n) is 2.93. The third kappa shape index (κ3) is 4.61. The van der Waals surface area contributed by atoms with Gasteiger partial charge < -0.3 is 20.3 Å². The number of nitrogens with zero attached hydrogens (tertiary/aromatic N) is 1. The second-order valence-electron chi connectivity index (χ2n) is 6.61. The summed E-state index contributed by atoms with van der Waals surface area (Å²) in [5.74, 6) is 1.58. The van der Waals surface area contributed by atoms with Crippen molar-refractivity contribution in [3.63, 3.8) is 0 Å². The highest BCUT2D eigenvalue weighted by atomic mass is 16.5. The molecule has 3 N–H and O–H groups in total. The molecule has 0 radical (unpaired) electrons. The maximum atomic E-state index is 9.69. The van der Waals surface area contributed by atoms with E-state index in [1.165, 1.54) is 0 Å². The topological polar surface area (TPSA) is 77.6 Å². The summed E-state index contributed by atoms with van der Waals surface area (Å²) in [6.45, 7) is 4.55. The lowest BCUT2D eigenvalue weighted by Crippen LogP contribution is -2.06. The van der Waals surface area contributed by atoms with Gasteiger partial charge in [-0.25, -0.2) is 4.98 Å². The Kier molecular flexibility index (Phi) is 6.50. The number of aliphatic hydroxyl groups excluding tert-OH is 1. The van der Waals surface area contributed by atoms with E-state index in [-0.39, 0.29) is 12.7 Å². The minimum absolute atomic E-state index is 0.0936. The number of hydrogen-bond acceptors (Lipinski definition) is 5. The summed E-state index contributed by atoms with van der Waals surface area (Å²) >= 11 is 0. The Morgan fingerprint density at radius 1 is 1.04 bits per heavy atom. The van der Waals surface area contributed by atoms with Crippen molar-refractivity contribution in [2.24, 2.45) is 0 Å². The zero-order chi connectivity index (χ0) is 19.9. The molecule has 146 valence electrons. The lowest BCUT2D eigenvalue weighted by molar-refractivity contribution is 0.228. The number of ether oxygens (including phenoxy) is 2. The number of nitrogens with two attached hydrogens (primary N) is 1. The second-order valence-corrected chi connectivity index (χ2v) is 6.61. The average molecular weight is 378 g/mol. The molecule has 5 nitrogen and oxygen atoms in total. The molecule has 1 heterocycles. The van der Waals surface area contributed by atoms with Gasteiger partial charge in [-0.05, 0) is 42.7 Å². The van der Waals surface area contributed by atoms with E-state index in [1.54, 1.807) is 6.20 Å². The molecule has 0 saturated carbocycles. The van der Waals surface area contributed by atoms with Crippen molar-refractivity contribution in [3.8, 4) is 22.6 Å². The van der Waals surface area contributed by atoms with E-state index in [1.807, 2.05) is 68.4 Å². The Hall–Kier alpha value is -3.05. The van der Waals surface area contributed by atoms with Crippen LogP contribution >= 0.6 is 0 Å². The van der Waals surface area contributed by atoms with Crippen molar-refractivity contribution in [1.29, 1.82) is 0 Å². The molecule has 0 aliphatic rings. The largest absolute Gasteiger partial charge is 0.493 e. The van der Waals surface area contributed by atoms with Crippen LogP contribution in [0.2, 0.25) is 0 Å². The van der Waals surface area contributed by atoms with Crippen molar-refractivity contribution in [3.05, 3.63) is 71.9 Å². The number of nitrogen functional groups attached to an aromatic ring is 1. The van der Waals surface area contributed by atoms with Crippen LogP contribution < -0.4 is 15.2 Å². The Labute approximate surface area is 165 Å². The van der Waals surface area contributed by atoms with E-state index in [9.17, 15) is 5.11 Å². The van der Waals surface area contributed by atoms with Crippen LogP contribution in [-0.4, -0.2) is 16.7 Å². The smallest absolute Gasteiger partial charge is 0.166 e. The molecule has 0 fully saturated rings. The van der Waals surface area contributed by atoms with Crippen LogP contribution in [0.1, 0.15) is 37.5 Å². The van der Waals surface area contributed by atoms with Crippen molar-refractivity contribution in [1.82, 2.24) is 4.98 Å². The average Bonchev–Trinajstić information content (AvgIpc) is 2.74. The molecule has 1 atom stereocenters. The van der Waals surface area contributed by atoms with Gasteiger partial charge in [-0.3, -0.25) is 0 Å². The second kappa shape index (κ2) is 9.24. The van der Waals surface area contributed by atoms with Gasteiger partial charge in [0, 0.05) is 17.3 Å². The quantitative estimate of drug-likeness (QED) is 0.591. The van der Waals surface area contributed by atoms with Crippen LogP contribution in [-0.2, 0) is 6.61 Å². The van der Waals surface area contributed by atoms with Gasteiger partial charge in [-0.1, -0.05) is 43.3 Å². The van der Waals surface area contributed by atoms with Gasteiger partial charge in [0.05, 0.1) is 13.2 Å². The Morgan fingerprint density at radius 2 is 1.82 bits per heavy atom. The molecule has 0 saturated heterocycles. The zero-order valence-electron chi connectivity index (χ0n) is 16.3. The van der Waals surface area contributed by atoms with Gasteiger partial charge >= 0.3 is 0 Å². The molecule has 0 aliphatic heterocycles. The summed E-state index contributed by atoms with van der Waals surface area (Å²) < 4.78 is 11.8. The first kappa shape index (κ1) is 19.7. The molecule has 5 heteroatoms. The molecule has 1 aromatic heterocycles. The molecule has 0 aliphatic carbocycles. The van der Waals surface area contributed by atoms with Crippen molar-refractivity contribution < 1.29 is 14.6 Å². The highest BCUT2D eigenvalue weighted by Crippen LogP contribution is 2.32. The summed E-state index contributed by atoms with van der Waals surface area (Å²) in [6.07, 6.45) is 2.46. The fourth-order valence-corrected chi connectivity index (χ4v) is 2.93. The molecule has 2 aromatic carbocycles. The van der Waals surface area contributed by atoms with Gasteiger partial charge in [0.25, 0.3) is 0 Å². The zero-order valence-corrected chi connectivity index (χ0v) is 16.3. The lowest BCUT2D eigenvalue weighted by atomic mass is 10.0. The SMILES string of the molecule is CCCOc1ccc(-c2cnc(N)c(OC(C)c3ccccc3)c2)cc1CO. The minimum Gasteiger partial charge on any atom is -0.493 e. The Bertz CT molecular complexity index is 913. The first-order valence-electron chi connectivity index (χ1n) is 9.46. The number of aliphatic hydroxyl groups is 1. The van der Waals surface area contributed by atoms with Crippen LogP contribution in [0.3, 0.4) is 0 Å². The van der Waals surface area contributed by atoms with Gasteiger partial charge in [-0.15, -0.1) is 0 Å². The van der Waals surface area contributed by atoms with E-state index in [0.29, 0.717) is 23.9 Å². The third-order valence-corrected chi connectivity index (χ3v) is 4.48. The molecular formula is C23H26N2O3. The molecule has 0 bridgehead atoms. The first-order valence-corrected chi connectivity index (χ1v) is 9.46. The molecule has 3 rings (SSSR count). The summed E-state index contributed by atoms with van der Waals surface area (Å²) in [5, 5.41) is 9.69. The van der Waals surface area contributed by atoms with E-state index >= 15 is 0 Å². The van der Waals surface area contributed by atoms with Crippen molar-refractivity contribution in [2.45, 2.75) is 33.0 Å². The van der Waals surface area contributed by atoms with Crippen LogP contribution in [0.25, 0.3) is 11.1 Å². The van der Waals surface area contributed by atoms with Crippen LogP contribution in [0, 0.1) is 0 Å². The highest BCUT2D eigenvalue weighted by molar-refractivity contribution is 5.68. The highest BCUT2D eigenvalue weighted by Gasteiger charge is 2.13. The molecular weight excluding hydrogens is 352 g/mol. The van der Waals surface area contributed by atoms with Crippen molar-refractivity contribution in [2.75, 3.05) is 12.3 Å². The van der Waals surface area contributed by atoms with Crippen molar-refractivity contribution >= 4 is 5.82 Å². The lowest BCUT2D eigenvalue weighted by Gasteiger charge is -2.17. The number of rotatable bonds is 8. The number of aromatic nitrogens is 1. The van der Waals surface area contributed by atoms with Crippen LogP contribution in [0.5, 0.6) is 11.5 Å². The summed E-state index contributed by atoms with van der Waals surface area (Å²) in [7, 11) is 0. The number of pyridine rings is 1. The van der Waals surface area contributed by atoms with Crippen LogP contribution in [0.4, 0.5) is 5.82 Å². The van der Waals surface area contributed by atoms with E-state index in [2.05, 4.69) is 4.98 Å². The van der Waals surface area contributed by atoms with E-state index in [0.717, 1.165) is 28.7 Å². The number of benzene rings is 2. The Balaban J connectivity index is 1.86. The number of anilines is 1. The van der Waals surface area contributed by atoms with E-state index < -0.39 is 0 Å². The standard InChI is InChI=1S/C23H26N2O3/c1-3-11-27-21-10-9-18(12-20(21)15-26)19-13-22(23(24)25-14-19)28-16(2)17-7-5-4-6-8-17/h4-10,12-14,16,26H,3,11,15H2,1-2H3,(H2,24,25). The number of hydrogen-bond donors (Lipinski definition) is 2. The molecule has 3 aromatic rings. The maximum absolute atomic E-state index is 9.69. The normalized spacial score (nSPS) is 11.8. The summed E-state index contributed by atoms with van der Waals surface area (Å²) in [5.41, 5.74) is 9.61. The predicted octanol–water partition coefficient (Wildman–Crippen LogP) is 4.75. The third-order valence-electron chi connectivity index (χ3n) is 4.48. The van der Waals surface area contributed by atoms with Gasteiger partial charge in [0.15, 0.2) is 11.6 Å². The van der Waals surface area contributed by atoms with Gasteiger partial charge in [-0.2, -0.15) is 0 Å². The Morgan fingerprint density at radius 3 is 2.54 bits per heavy atom. The van der Waals surface area contributed by atoms with Gasteiger partial charge in [0.1, 0.15) is 11.9 Å². The molecule has 28 heavy (non-hydrogen) atoms. The molecule has 0 spiro atoms. The molecule has 0 amide bonds. The fraction of sp³-hybridized carbons (Fsp3) is 0.261. The first-order chi connectivity index (χ1) is 13.6. The molecule has 1 unspecified atom stereocenters. The van der Waals surface area contributed by atoms with E-state index in [4.69, 9.17) is 15.2 Å². The van der Waals surface area contributed by atoms with Gasteiger partial charge in [0.2, 0.25) is 0 Å². The monoisotopic (exact) mass is 378 g/mol. The predicted molar refractivity (Wildman–Crippen MR) is 111 cm³/mol.